The van der Waals surface area contributed by atoms with E-state index in [-0.39, 0.29) is 0 Å². The largest absolute Gasteiger partial charge is 0.493 e. The lowest BCUT2D eigenvalue weighted by molar-refractivity contribution is 0.324. The second kappa shape index (κ2) is 7.18. The molecule has 0 fully saturated rings. The predicted molar refractivity (Wildman–Crippen MR) is 89.0 cm³/mol. The highest BCUT2D eigenvalue weighted by atomic mass is 16.5. The molecule has 4 nitrogen and oxygen atoms in total. The molecule has 1 unspecified atom stereocenters. The van der Waals surface area contributed by atoms with Crippen molar-refractivity contribution >= 4 is 0 Å². The Bertz CT molecular complexity index is 598. The lowest BCUT2D eigenvalue weighted by Crippen LogP contribution is -2.11. The minimum Gasteiger partial charge on any atom is -0.493 e. The van der Waals surface area contributed by atoms with Gasteiger partial charge in [-0.3, -0.25) is 0 Å². The van der Waals surface area contributed by atoms with Crippen LogP contribution in [0.15, 0.2) is 36.4 Å². The Balaban J connectivity index is 2.44. The molecule has 2 aromatic rings. The molecule has 0 amide bonds. The van der Waals surface area contributed by atoms with Crippen LogP contribution in [0.3, 0.4) is 0 Å². The lowest BCUT2D eigenvalue weighted by atomic mass is 10.0. The molecule has 0 aromatic heterocycles. The van der Waals surface area contributed by atoms with Gasteiger partial charge in [0.15, 0.2) is 11.5 Å². The van der Waals surface area contributed by atoms with Crippen molar-refractivity contribution in [3.63, 3.8) is 0 Å². The molecule has 0 aliphatic rings. The monoisotopic (exact) mass is 301 g/mol. The van der Waals surface area contributed by atoms with E-state index in [0.29, 0.717) is 23.3 Å². The Morgan fingerprint density at radius 3 is 1.77 bits per heavy atom. The first-order valence-corrected chi connectivity index (χ1v) is 7.22. The molecule has 0 radical (unpaired) electrons. The maximum Gasteiger partial charge on any atom is 0.203 e. The van der Waals surface area contributed by atoms with Crippen LogP contribution in [0.5, 0.6) is 17.2 Å². The second-order valence-corrected chi connectivity index (χ2v) is 5.05. The molecule has 0 saturated carbocycles. The second-order valence-electron chi connectivity index (χ2n) is 5.05. The molecule has 2 rings (SSSR count). The van der Waals surface area contributed by atoms with Gasteiger partial charge < -0.3 is 19.5 Å². The van der Waals surface area contributed by atoms with Crippen molar-refractivity contribution in [3.8, 4) is 28.4 Å². The number of hydrogen-bond donors (Lipinski definition) is 1. The normalized spacial score (nSPS) is 11.9. The van der Waals surface area contributed by atoms with E-state index in [1.165, 1.54) is 5.56 Å². The van der Waals surface area contributed by atoms with Crippen LogP contribution in [0.4, 0.5) is 0 Å². The van der Waals surface area contributed by atoms with Crippen molar-refractivity contribution in [1.82, 2.24) is 5.32 Å². The van der Waals surface area contributed by atoms with Gasteiger partial charge in [-0.15, -0.1) is 0 Å². The van der Waals surface area contributed by atoms with E-state index in [1.54, 1.807) is 21.3 Å². The number of nitrogens with one attached hydrogen (secondary N) is 1. The summed E-state index contributed by atoms with van der Waals surface area (Å²) in [5.41, 5.74) is 3.38. The first-order valence-electron chi connectivity index (χ1n) is 7.22. The van der Waals surface area contributed by atoms with Gasteiger partial charge in [-0.05, 0) is 42.8 Å². The van der Waals surface area contributed by atoms with E-state index in [1.807, 2.05) is 19.2 Å². The highest BCUT2D eigenvalue weighted by Crippen LogP contribution is 2.41. The number of hydrogen-bond acceptors (Lipinski definition) is 4. The Kier molecular flexibility index (Phi) is 5.28. The minimum atomic E-state index is 0.328. The van der Waals surface area contributed by atoms with Gasteiger partial charge in [-0.2, -0.15) is 0 Å². The van der Waals surface area contributed by atoms with Gasteiger partial charge in [-0.25, -0.2) is 0 Å². The quantitative estimate of drug-likeness (QED) is 0.884. The van der Waals surface area contributed by atoms with Crippen molar-refractivity contribution in [1.29, 1.82) is 0 Å². The van der Waals surface area contributed by atoms with Crippen molar-refractivity contribution in [2.24, 2.45) is 0 Å². The van der Waals surface area contributed by atoms with E-state index >= 15 is 0 Å². The molecule has 0 bridgehead atoms. The van der Waals surface area contributed by atoms with Crippen LogP contribution in [0.1, 0.15) is 18.5 Å². The summed E-state index contributed by atoms with van der Waals surface area (Å²) in [6.07, 6.45) is 0. The van der Waals surface area contributed by atoms with E-state index < -0.39 is 0 Å². The summed E-state index contributed by atoms with van der Waals surface area (Å²) in [4.78, 5) is 0. The highest BCUT2D eigenvalue weighted by Gasteiger charge is 2.14. The molecule has 0 aliphatic heterocycles. The molecule has 1 atom stereocenters. The Hall–Kier alpha value is -2.20. The number of rotatable bonds is 6. The molecule has 0 aliphatic carbocycles. The summed E-state index contributed by atoms with van der Waals surface area (Å²) >= 11 is 0. The molecule has 2 aromatic carbocycles. The van der Waals surface area contributed by atoms with Crippen LogP contribution in [0.25, 0.3) is 11.1 Å². The van der Waals surface area contributed by atoms with Crippen LogP contribution >= 0.6 is 0 Å². The highest BCUT2D eigenvalue weighted by molar-refractivity contribution is 5.71. The van der Waals surface area contributed by atoms with Crippen molar-refractivity contribution in [3.05, 3.63) is 42.0 Å². The molecule has 4 heteroatoms. The molecule has 118 valence electrons. The lowest BCUT2D eigenvalue weighted by Gasteiger charge is -2.15. The smallest absolute Gasteiger partial charge is 0.203 e. The molecule has 0 heterocycles. The average Bonchev–Trinajstić information content (AvgIpc) is 2.59. The van der Waals surface area contributed by atoms with E-state index in [9.17, 15) is 0 Å². The van der Waals surface area contributed by atoms with Crippen molar-refractivity contribution in [2.45, 2.75) is 13.0 Å². The van der Waals surface area contributed by atoms with E-state index in [2.05, 4.69) is 36.5 Å². The van der Waals surface area contributed by atoms with Gasteiger partial charge in [-0.1, -0.05) is 24.3 Å². The molecular formula is C18H23NO3. The van der Waals surface area contributed by atoms with Crippen LogP contribution in [0, 0.1) is 0 Å². The average molecular weight is 301 g/mol. The molecule has 22 heavy (non-hydrogen) atoms. The minimum absolute atomic E-state index is 0.328. The summed E-state index contributed by atoms with van der Waals surface area (Å²) in [5.74, 6) is 1.92. The third kappa shape index (κ3) is 3.17. The Labute approximate surface area is 132 Å². The zero-order chi connectivity index (χ0) is 16.1. The fourth-order valence-electron chi connectivity index (χ4n) is 2.38. The maximum absolute atomic E-state index is 5.41. The van der Waals surface area contributed by atoms with Gasteiger partial charge in [0.1, 0.15) is 0 Å². The zero-order valence-electron chi connectivity index (χ0n) is 13.8. The summed E-state index contributed by atoms with van der Waals surface area (Å²) in [7, 11) is 6.81. The number of benzene rings is 2. The third-order valence-corrected chi connectivity index (χ3v) is 3.84. The molecular weight excluding hydrogens is 278 g/mol. The summed E-state index contributed by atoms with van der Waals surface area (Å²) in [6, 6.07) is 12.7. The summed E-state index contributed by atoms with van der Waals surface area (Å²) < 4.78 is 16.2. The van der Waals surface area contributed by atoms with Gasteiger partial charge in [0, 0.05) is 6.04 Å². The first-order chi connectivity index (χ1) is 10.6. The van der Waals surface area contributed by atoms with Crippen molar-refractivity contribution < 1.29 is 14.2 Å². The summed E-state index contributed by atoms with van der Waals surface area (Å²) in [5, 5.41) is 3.24. The van der Waals surface area contributed by atoms with Gasteiger partial charge >= 0.3 is 0 Å². The van der Waals surface area contributed by atoms with Crippen LogP contribution in [-0.4, -0.2) is 28.4 Å². The summed E-state index contributed by atoms with van der Waals surface area (Å²) in [6.45, 7) is 2.13. The van der Waals surface area contributed by atoms with Gasteiger partial charge in [0.2, 0.25) is 5.75 Å². The predicted octanol–water partition coefficient (Wildman–Crippen LogP) is 3.66. The maximum atomic E-state index is 5.41. The Morgan fingerprint density at radius 2 is 1.36 bits per heavy atom. The van der Waals surface area contributed by atoms with E-state index in [4.69, 9.17) is 14.2 Å². The standard InChI is InChI=1S/C18H23NO3/c1-12(19-2)13-6-8-14(9-7-13)15-10-16(20-3)18(22-5)17(11-15)21-4/h6-12,19H,1-5H3. The SMILES string of the molecule is CNC(C)c1ccc(-c2cc(OC)c(OC)c(OC)c2)cc1. The number of methoxy groups -OCH3 is 3. The zero-order valence-corrected chi connectivity index (χ0v) is 13.8. The van der Waals surface area contributed by atoms with Crippen molar-refractivity contribution in [2.75, 3.05) is 28.4 Å². The van der Waals surface area contributed by atoms with Crippen LogP contribution in [0.2, 0.25) is 0 Å². The number of ether oxygens (including phenoxy) is 3. The molecule has 0 saturated heterocycles. The first kappa shape index (κ1) is 16.2. The molecule has 0 spiro atoms. The van der Waals surface area contributed by atoms with Crippen LogP contribution in [-0.2, 0) is 0 Å². The van der Waals surface area contributed by atoms with Crippen LogP contribution < -0.4 is 19.5 Å². The van der Waals surface area contributed by atoms with Gasteiger partial charge in [0.05, 0.1) is 21.3 Å². The topological polar surface area (TPSA) is 39.7 Å². The fraction of sp³-hybridized carbons (Fsp3) is 0.333. The molecule has 1 N–H and O–H groups in total. The van der Waals surface area contributed by atoms with Gasteiger partial charge in [0.25, 0.3) is 0 Å². The Morgan fingerprint density at radius 1 is 0.818 bits per heavy atom. The third-order valence-electron chi connectivity index (χ3n) is 3.84. The van der Waals surface area contributed by atoms with E-state index in [0.717, 1.165) is 11.1 Å². The fourth-order valence-corrected chi connectivity index (χ4v) is 2.38.